The molecule has 1 aliphatic carbocycles. The van der Waals surface area contributed by atoms with Crippen LogP contribution in [-0.4, -0.2) is 6.04 Å². The maximum Gasteiger partial charge on any atom is 0.201 e. The van der Waals surface area contributed by atoms with E-state index in [1.807, 2.05) is 13.8 Å². The lowest BCUT2D eigenvalue weighted by Gasteiger charge is -2.07. The molecule has 0 saturated heterocycles. The van der Waals surface area contributed by atoms with E-state index in [9.17, 15) is 8.78 Å². The van der Waals surface area contributed by atoms with Gasteiger partial charge in [0.15, 0.2) is 11.4 Å². The summed E-state index contributed by atoms with van der Waals surface area (Å²) in [5.74, 6) is -0.660. The molecule has 0 radical (unpaired) electrons. The van der Waals surface area contributed by atoms with E-state index in [1.165, 1.54) is 6.07 Å². The zero-order valence-corrected chi connectivity index (χ0v) is 13.0. The van der Waals surface area contributed by atoms with Crippen molar-refractivity contribution in [1.82, 2.24) is 5.32 Å². The summed E-state index contributed by atoms with van der Waals surface area (Å²) in [5, 5.41) is 3.96. The van der Waals surface area contributed by atoms with Crippen molar-refractivity contribution in [2.45, 2.75) is 45.2 Å². The zero-order chi connectivity index (χ0) is 14.4. The summed E-state index contributed by atoms with van der Waals surface area (Å²) in [5.41, 5.74) is 1.05. The second-order valence-electron chi connectivity index (χ2n) is 5.61. The fraction of sp³-hybridized carbons (Fsp3) is 0.467. The van der Waals surface area contributed by atoms with Gasteiger partial charge in [0.2, 0.25) is 5.82 Å². The van der Waals surface area contributed by atoms with Gasteiger partial charge in [0.25, 0.3) is 0 Å². The van der Waals surface area contributed by atoms with Gasteiger partial charge in [-0.05, 0) is 40.8 Å². The SMILES string of the molecule is CC(C)NCc1oc2c(F)c(F)cc(Br)c2c1C1CC1. The van der Waals surface area contributed by atoms with Crippen LogP contribution in [-0.2, 0) is 6.54 Å². The standard InChI is InChI=1S/C15H16BrF2NO/c1-7(2)19-6-11-12(8-3-4-8)13-9(16)5-10(17)14(18)15(13)20-11/h5,7-8,19H,3-4,6H2,1-2H3. The molecule has 2 aromatic rings. The third-order valence-corrected chi connectivity index (χ3v) is 4.21. The molecule has 0 spiro atoms. The highest BCUT2D eigenvalue weighted by Gasteiger charge is 2.33. The molecule has 1 aromatic heterocycles. The molecule has 3 rings (SSSR count). The van der Waals surface area contributed by atoms with Crippen LogP contribution in [0.1, 0.15) is 43.9 Å². The highest BCUT2D eigenvalue weighted by molar-refractivity contribution is 9.10. The van der Waals surface area contributed by atoms with E-state index in [2.05, 4.69) is 21.2 Å². The third kappa shape index (κ3) is 2.37. The largest absolute Gasteiger partial charge is 0.456 e. The molecule has 0 atom stereocenters. The lowest BCUT2D eigenvalue weighted by molar-refractivity contribution is 0.456. The Balaban J connectivity index is 2.17. The number of furan rings is 1. The monoisotopic (exact) mass is 343 g/mol. The Morgan fingerprint density at radius 1 is 1.40 bits per heavy atom. The van der Waals surface area contributed by atoms with E-state index < -0.39 is 11.6 Å². The van der Waals surface area contributed by atoms with Gasteiger partial charge >= 0.3 is 0 Å². The smallest absolute Gasteiger partial charge is 0.201 e. The minimum atomic E-state index is -0.902. The van der Waals surface area contributed by atoms with E-state index in [0.717, 1.165) is 24.2 Å². The number of benzene rings is 1. The normalized spacial score (nSPS) is 15.5. The van der Waals surface area contributed by atoms with Crippen molar-refractivity contribution in [3.63, 3.8) is 0 Å². The van der Waals surface area contributed by atoms with Crippen LogP contribution < -0.4 is 5.32 Å². The molecule has 2 nitrogen and oxygen atoms in total. The highest BCUT2D eigenvalue weighted by atomic mass is 79.9. The van der Waals surface area contributed by atoms with E-state index in [-0.39, 0.29) is 5.58 Å². The van der Waals surface area contributed by atoms with Gasteiger partial charge in [-0.25, -0.2) is 4.39 Å². The second-order valence-corrected chi connectivity index (χ2v) is 6.46. The van der Waals surface area contributed by atoms with Crippen molar-refractivity contribution >= 4 is 26.9 Å². The van der Waals surface area contributed by atoms with Crippen LogP contribution in [0, 0.1) is 11.6 Å². The van der Waals surface area contributed by atoms with Crippen LogP contribution in [0.15, 0.2) is 15.0 Å². The topological polar surface area (TPSA) is 25.2 Å². The molecule has 1 aliphatic rings. The molecule has 0 amide bonds. The van der Waals surface area contributed by atoms with E-state index >= 15 is 0 Å². The summed E-state index contributed by atoms with van der Waals surface area (Å²) in [6.07, 6.45) is 2.16. The Morgan fingerprint density at radius 3 is 2.70 bits per heavy atom. The van der Waals surface area contributed by atoms with Crippen LogP contribution in [0.3, 0.4) is 0 Å². The minimum absolute atomic E-state index is 0.0272. The van der Waals surface area contributed by atoms with Gasteiger partial charge < -0.3 is 9.73 Å². The maximum atomic E-state index is 13.9. The van der Waals surface area contributed by atoms with Crippen LogP contribution in [0.2, 0.25) is 0 Å². The Hall–Kier alpha value is -0.940. The maximum absolute atomic E-state index is 13.9. The molecule has 0 aliphatic heterocycles. The van der Waals surface area contributed by atoms with Gasteiger partial charge in [0, 0.05) is 21.5 Å². The van der Waals surface area contributed by atoms with Crippen molar-refractivity contribution in [3.8, 4) is 0 Å². The van der Waals surface area contributed by atoms with Gasteiger partial charge in [-0.2, -0.15) is 4.39 Å². The molecule has 0 bridgehead atoms. The van der Waals surface area contributed by atoms with Crippen molar-refractivity contribution in [2.24, 2.45) is 0 Å². The van der Waals surface area contributed by atoms with Crippen LogP contribution in [0.5, 0.6) is 0 Å². The van der Waals surface area contributed by atoms with E-state index in [0.29, 0.717) is 28.4 Å². The summed E-state index contributed by atoms with van der Waals surface area (Å²) in [7, 11) is 0. The fourth-order valence-electron chi connectivity index (χ4n) is 2.47. The van der Waals surface area contributed by atoms with Crippen LogP contribution >= 0.6 is 15.9 Å². The van der Waals surface area contributed by atoms with Crippen molar-refractivity contribution < 1.29 is 13.2 Å². The lowest BCUT2D eigenvalue weighted by atomic mass is 10.1. The first kappa shape index (κ1) is 14.0. The van der Waals surface area contributed by atoms with Gasteiger partial charge in [0.05, 0.1) is 6.54 Å². The summed E-state index contributed by atoms with van der Waals surface area (Å²) < 4.78 is 33.6. The minimum Gasteiger partial charge on any atom is -0.456 e. The Bertz CT molecular complexity index is 662. The molecule has 20 heavy (non-hydrogen) atoms. The van der Waals surface area contributed by atoms with Crippen LogP contribution in [0.4, 0.5) is 8.78 Å². The van der Waals surface area contributed by atoms with Gasteiger partial charge in [0.1, 0.15) is 5.76 Å². The number of halogens is 3. The molecule has 1 saturated carbocycles. The first-order valence-electron chi connectivity index (χ1n) is 6.81. The molecular weight excluding hydrogens is 328 g/mol. The quantitative estimate of drug-likeness (QED) is 0.802. The average molecular weight is 344 g/mol. The van der Waals surface area contributed by atoms with Crippen molar-refractivity contribution in [1.29, 1.82) is 0 Å². The molecule has 1 N–H and O–H groups in total. The fourth-order valence-corrected chi connectivity index (χ4v) is 3.06. The third-order valence-electron chi connectivity index (χ3n) is 3.58. The summed E-state index contributed by atoms with van der Waals surface area (Å²) in [6.45, 7) is 4.61. The summed E-state index contributed by atoms with van der Waals surface area (Å²) in [6, 6.07) is 1.49. The number of nitrogens with one attached hydrogen (secondary N) is 1. The highest BCUT2D eigenvalue weighted by Crippen LogP contribution is 2.48. The number of rotatable bonds is 4. The van der Waals surface area contributed by atoms with Crippen molar-refractivity contribution in [2.75, 3.05) is 0 Å². The number of hydrogen-bond acceptors (Lipinski definition) is 2. The molecule has 1 heterocycles. The molecule has 1 fully saturated rings. The average Bonchev–Trinajstić information content (AvgIpc) is 3.14. The molecule has 0 unspecified atom stereocenters. The Morgan fingerprint density at radius 2 is 2.10 bits per heavy atom. The second kappa shape index (κ2) is 5.11. The molecular formula is C15H16BrF2NO. The van der Waals surface area contributed by atoms with E-state index in [1.54, 1.807) is 0 Å². The predicted octanol–water partition coefficient (Wildman–Crippen LogP) is 4.85. The Labute approximate surface area is 124 Å². The van der Waals surface area contributed by atoms with Crippen LogP contribution in [0.25, 0.3) is 11.0 Å². The first-order valence-corrected chi connectivity index (χ1v) is 7.60. The Kier molecular flexibility index (Phi) is 3.58. The molecule has 1 aromatic carbocycles. The lowest BCUT2D eigenvalue weighted by Crippen LogP contribution is -2.22. The summed E-state index contributed by atoms with van der Waals surface area (Å²) in [4.78, 5) is 0. The van der Waals surface area contributed by atoms with Gasteiger partial charge in [-0.15, -0.1) is 0 Å². The number of fused-ring (bicyclic) bond motifs is 1. The van der Waals surface area contributed by atoms with Gasteiger partial charge in [-0.1, -0.05) is 13.8 Å². The summed E-state index contributed by atoms with van der Waals surface area (Å²) >= 11 is 3.34. The number of hydrogen-bond donors (Lipinski definition) is 1. The van der Waals surface area contributed by atoms with Crippen molar-refractivity contribution in [3.05, 3.63) is 33.5 Å². The van der Waals surface area contributed by atoms with E-state index in [4.69, 9.17) is 4.42 Å². The molecule has 5 heteroatoms. The first-order chi connectivity index (χ1) is 9.49. The molecule has 108 valence electrons. The zero-order valence-electron chi connectivity index (χ0n) is 11.4. The predicted molar refractivity (Wildman–Crippen MR) is 77.8 cm³/mol. The van der Waals surface area contributed by atoms with Gasteiger partial charge in [-0.3, -0.25) is 0 Å².